The molecule has 1 saturated heterocycles. The first kappa shape index (κ1) is 17.4. The van der Waals surface area contributed by atoms with Gasteiger partial charge in [-0.15, -0.1) is 0 Å². The Morgan fingerprint density at radius 2 is 2.00 bits per heavy atom. The third-order valence-electron chi connectivity index (χ3n) is 3.21. The van der Waals surface area contributed by atoms with Gasteiger partial charge in [-0.3, -0.25) is 4.79 Å². The van der Waals surface area contributed by atoms with Crippen LogP contribution in [0.2, 0.25) is 0 Å². The van der Waals surface area contributed by atoms with Crippen molar-refractivity contribution in [1.29, 1.82) is 0 Å². The maximum absolute atomic E-state index is 11.6. The Morgan fingerprint density at radius 3 is 2.75 bits per heavy atom. The SMILES string of the molecule is COCCOCCCCNC(=O)COC1CCNCC1. The zero-order valence-corrected chi connectivity index (χ0v) is 12.5. The van der Waals surface area contributed by atoms with E-state index in [4.69, 9.17) is 14.2 Å². The lowest BCUT2D eigenvalue weighted by atomic mass is 10.1. The van der Waals surface area contributed by atoms with Crippen LogP contribution in [0.1, 0.15) is 25.7 Å². The fourth-order valence-corrected chi connectivity index (χ4v) is 2.01. The van der Waals surface area contributed by atoms with Gasteiger partial charge in [-0.2, -0.15) is 0 Å². The van der Waals surface area contributed by atoms with Crippen LogP contribution in [-0.2, 0) is 19.0 Å². The van der Waals surface area contributed by atoms with Crippen molar-refractivity contribution in [3.05, 3.63) is 0 Å². The molecule has 1 aliphatic heterocycles. The normalized spacial score (nSPS) is 16.2. The van der Waals surface area contributed by atoms with Crippen molar-refractivity contribution in [3.63, 3.8) is 0 Å². The molecule has 0 aliphatic carbocycles. The van der Waals surface area contributed by atoms with Gasteiger partial charge in [0.1, 0.15) is 6.61 Å². The summed E-state index contributed by atoms with van der Waals surface area (Å²) in [5.41, 5.74) is 0. The van der Waals surface area contributed by atoms with E-state index in [0.717, 1.165) is 38.8 Å². The van der Waals surface area contributed by atoms with E-state index < -0.39 is 0 Å². The number of carbonyl (C=O) groups excluding carboxylic acids is 1. The predicted molar refractivity (Wildman–Crippen MR) is 76.8 cm³/mol. The molecule has 0 unspecified atom stereocenters. The minimum absolute atomic E-state index is 0.0242. The van der Waals surface area contributed by atoms with Crippen LogP contribution in [0, 0.1) is 0 Å². The molecule has 118 valence electrons. The number of nitrogens with one attached hydrogen (secondary N) is 2. The Balaban J connectivity index is 1.84. The molecule has 0 atom stereocenters. The zero-order valence-electron chi connectivity index (χ0n) is 12.5. The van der Waals surface area contributed by atoms with Crippen molar-refractivity contribution >= 4 is 5.91 Å². The van der Waals surface area contributed by atoms with E-state index in [9.17, 15) is 4.79 Å². The molecule has 20 heavy (non-hydrogen) atoms. The number of ether oxygens (including phenoxy) is 3. The minimum Gasteiger partial charge on any atom is -0.382 e. The number of amides is 1. The van der Waals surface area contributed by atoms with Crippen LogP contribution in [0.25, 0.3) is 0 Å². The summed E-state index contributed by atoms with van der Waals surface area (Å²) in [5.74, 6) is -0.0242. The monoisotopic (exact) mass is 288 g/mol. The molecule has 0 saturated carbocycles. The zero-order chi connectivity index (χ0) is 14.5. The van der Waals surface area contributed by atoms with Crippen LogP contribution >= 0.6 is 0 Å². The highest BCUT2D eigenvalue weighted by atomic mass is 16.5. The van der Waals surface area contributed by atoms with Crippen LogP contribution in [0.15, 0.2) is 0 Å². The molecular weight excluding hydrogens is 260 g/mol. The van der Waals surface area contributed by atoms with Crippen molar-refractivity contribution in [1.82, 2.24) is 10.6 Å². The summed E-state index contributed by atoms with van der Waals surface area (Å²) < 4.78 is 15.8. The highest BCUT2D eigenvalue weighted by molar-refractivity contribution is 5.77. The number of hydrogen-bond acceptors (Lipinski definition) is 5. The van der Waals surface area contributed by atoms with Gasteiger partial charge in [0, 0.05) is 20.3 Å². The van der Waals surface area contributed by atoms with Gasteiger partial charge < -0.3 is 24.8 Å². The second kappa shape index (κ2) is 12.1. The van der Waals surface area contributed by atoms with Crippen molar-refractivity contribution in [2.45, 2.75) is 31.8 Å². The van der Waals surface area contributed by atoms with E-state index in [0.29, 0.717) is 26.4 Å². The van der Waals surface area contributed by atoms with E-state index in [1.54, 1.807) is 7.11 Å². The standard InChI is InChI=1S/C14H28N2O4/c1-18-10-11-19-9-3-2-6-16-14(17)12-20-13-4-7-15-8-5-13/h13,15H,2-12H2,1H3,(H,16,17). The largest absolute Gasteiger partial charge is 0.382 e. The number of carbonyl (C=O) groups is 1. The topological polar surface area (TPSA) is 68.8 Å². The first-order valence-corrected chi connectivity index (χ1v) is 7.48. The number of methoxy groups -OCH3 is 1. The third kappa shape index (κ3) is 9.25. The first-order chi connectivity index (χ1) is 9.83. The lowest BCUT2D eigenvalue weighted by Gasteiger charge is -2.22. The molecule has 2 N–H and O–H groups in total. The summed E-state index contributed by atoms with van der Waals surface area (Å²) in [6, 6.07) is 0. The molecule has 0 radical (unpaired) electrons. The molecule has 0 aromatic rings. The average Bonchev–Trinajstić information content (AvgIpc) is 2.49. The van der Waals surface area contributed by atoms with Gasteiger partial charge in [0.15, 0.2) is 0 Å². The van der Waals surface area contributed by atoms with Gasteiger partial charge in [-0.05, 0) is 38.8 Å². The Hall–Kier alpha value is -0.690. The quantitative estimate of drug-likeness (QED) is 0.536. The fourth-order valence-electron chi connectivity index (χ4n) is 2.01. The molecule has 0 bridgehead atoms. The number of piperidine rings is 1. The summed E-state index contributed by atoms with van der Waals surface area (Å²) in [4.78, 5) is 11.6. The summed E-state index contributed by atoms with van der Waals surface area (Å²) in [6.07, 6.45) is 4.08. The van der Waals surface area contributed by atoms with Crippen molar-refractivity contribution in [2.24, 2.45) is 0 Å². The van der Waals surface area contributed by atoms with Crippen molar-refractivity contribution < 1.29 is 19.0 Å². The molecular formula is C14H28N2O4. The summed E-state index contributed by atoms with van der Waals surface area (Å²) in [5, 5.41) is 6.13. The number of unbranched alkanes of at least 4 members (excludes halogenated alkanes) is 1. The molecule has 0 aromatic heterocycles. The van der Waals surface area contributed by atoms with E-state index in [-0.39, 0.29) is 18.6 Å². The molecule has 1 heterocycles. The highest BCUT2D eigenvalue weighted by Gasteiger charge is 2.14. The van der Waals surface area contributed by atoms with Gasteiger partial charge in [0.25, 0.3) is 0 Å². The Bertz CT molecular complexity index is 245. The number of rotatable bonds is 11. The van der Waals surface area contributed by atoms with Crippen LogP contribution in [-0.4, -0.2) is 65.2 Å². The van der Waals surface area contributed by atoms with E-state index >= 15 is 0 Å². The molecule has 6 heteroatoms. The molecule has 1 aliphatic rings. The molecule has 1 rings (SSSR count). The summed E-state index contributed by atoms with van der Waals surface area (Å²) in [6.45, 7) is 4.80. The smallest absolute Gasteiger partial charge is 0.246 e. The van der Waals surface area contributed by atoms with Crippen molar-refractivity contribution in [3.8, 4) is 0 Å². The van der Waals surface area contributed by atoms with Gasteiger partial charge >= 0.3 is 0 Å². The molecule has 0 spiro atoms. The predicted octanol–water partition coefficient (Wildman–Crippen LogP) is 0.314. The third-order valence-corrected chi connectivity index (χ3v) is 3.21. The van der Waals surface area contributed by atoms with Gasteiger partial charge in [-0.25, -0.2) is 0 Å². The van der Waals surface area contributed by atoms with Crippen LogP contribution in [0.4, 0.5) is 0 Å². The summed E-state index contributed by atoms with van der Waals surface area (Å²) in [7, 11) is 1.66. The van der Waals surface area contributed by atoms with Crippen molar-refractivity contribution in [2.75, 3.05) is 53.2 Å². The maximum Gasteiger partial charge on any atom is 0.246 e. The van der Waals surface area contributed by atoms with Gasteiger partial charge in [0.2, 0.25) is 5.91 Å². The molecule has 6 nitrogen and oxygen atoms in total. The van der Waals surface area contributed by atoms with Gasteiger partial charge in [-0.1, -0.05) is 0 Å². The average molecular weight is 288 g/mol. The van der Waals surface area contributed by atoms with Crippen LogP contribution < -0.4 is 10.6 Å². The molecule has 1 fully saturated rings. The second-order valence-corrected chi connectivity index (χ2v) is 4.92. The fraction of sp³-hybridized carbons (Fsp3) is 0.929. The van der Waals surface area contributed by atoms with E-state index in [1.165, 1.54) is 0 Å². The van der Waals surface area contributed by atoms with Crippen LogP contribution in [0.5, 0.6) is 0 Å². The summed E-state index contributed by atoms with van der Waals surface area (Å²) >= 11 is 0. The highest BCUT2D eigenvalue weighted by Crippen LogP contribution is 2.06. The minimum atomic E-state index is -0.0242. The van der Waals surface area contributed by atoms with E-state index in [2.05, 4.69) is 10.6 Å². The Morgan fingerprint density at radius 1 is 1.20 bits per heavy atom. The maximum atomic E-state index is 11.6. The Labute approximate surface area is 121 Å². The lowest BCUT2D eigenvalue weighted by molar-refractivity contribution is -0.128. The Kier molecular flexibility index (Phi) is 10.5. The molecule has 0 aromatic carbocycles. The van der Waals surface area contributed by atoms with Crippen LogP contribution in [0.3, 0.4) is 0 Å². The second-order valence-electron chi connectivity index (χ2n) is 4.92. The number of hydrogen-bond donors (Lipinski definition) is 2. The first-order valence-electron chi connectivity index (χ1n) is 7.48. The van der Waals surface area contributed by atoms with Gasteiger partial charge in [0.05, 0.1) is 19.3 Å². The van der Waals surface area contributed by atoms with E-state index in [1.807, 2.05) is 0 Å². The lowest BCUT2D eigenvalue weighted by Crippen LogP contribution is -2.36. The molecule has 1 amide bonds.